The first kappa shape index (κ1) is 12.6. The van der Waals surface area contributed by atoms with Crippen LogP contribution in [0.25, 0.3) is 22.4 Å². The second-order valence-electron chi connectivity index (χ2n) is 5.03. The van der Waals surface area contributed by atoms with E-state index < -0.39 is 0 Å². The smallest absolute Gasteiger partial charge is 0.0710 e. The molecular formula is C19H17N. The number of benzene rings is 2. The van der Waals surface area contributed by atoms with Crippen molar-refractivity contribution in [2.75, 3.05) is 0 Å². The summed E-state index contributed by atoms with van der Waals surface area (Å²) in [6, 6.07) is 21.0. The van der Waals surface area contributed by atoms with Crippen molar-refractivity contribution in [3.63, 3.8) is 0 Å². The lowest BCUT2D eigenvalue weighted by Crippen LogP contribution is -1.92. The van der Waals surface area contributed by atoms with E-state index >= 15 is 0 Å². The molecule has 0 radical (unpaired) electrons. The van der Waals surface area contributed by atoms with Gasteiger partial charge in [-0.25, -0.2) is 0 Å². The number of pyridine rings is 1. The van der Waals surface area contributed by atoms with E-state index in [4.69, 9.17) is 0 Å². The van der Waals surface area contributed by atoms with Crippen LogP contribution in [0, 0.1) is 13.8 Å². The Morgan fingerprint density at radius 3 is 2.10 bits per heavy atom. The lowest BCUT2D eigenvalue weighted by atomic mass is 9.91. The monoisotopic (exact) mass is 259 g/mol. The number of hydrogen-bond acceptors (Lipinski definition) is 1. The summed E-state index contributed by atoms with van der Waals surface area (Å²) in [6.45, 7) is 4.30. The van der Waals surface area contributed by atoms with Gasteiger partial charge in [0.05, 0.1) is 5.69 Å². The molecule has 3 aromatic rings. The van der Waals surface area contributed by atoms with Crippen LogP contribution < -0.4 is 0 Å². The zero-order valence-electron chi connectivity index (χ0n) is 11.8. The van der Waals surface area contributed by atoms with Crippen molar-refractivity contribution in [3.05, 3.63) is 78.0 Å². The molecule has 0 saturated carbocycles. The average molecular weight is 259 g/mol. The highest BCUT2D eigenvalue weighted by molar-refractivity contribution is 5.85. The molecule has 0 spiro atoms. The molecule has 1 heterocycles. The topological polar surface area (TPSA) is 12.9 Å². The Morgan fingerprint density at radius 2 is 1.35 bits per heavy atom. The molecule has 0 N–H and O–H groups in total. The summed E-state index contributed by atoms with van der Waals surface area (Å²) in [5, 5.41) is 0. The van der Waals surface area contributed by atoms with E-state index in [2.05, 4.69) is 67.4 Å². The second-order valence-corrected chi connectivity index (χ2v) is 5.03. The molecular weight excluding hydrogens is 242 g/mol. The largest absolute Gasteiger partial charge is 0.256 e. The van der Waals surface area contributed by atoms with Crippen molar-refractivity contribution in [3.8, 4) is 22.4 Å². The average Bonchev–Trinajstić information content (AvgIpc) is 2.48. The summed E-state index contributed by atoms with van der Waals surface area (Å²) >= 11 is 0. The molecule has 0 amide bonds. The fourth-order valence-electron chi connectivity index (χ4n) is 2.62. The van der Waals surface area contributed by atoms with Gasteiger partial charge in [0.25, 0.3) is 0 Å². The fraction of sp³-hybridized carbons (Fsp3) is 0.105. The highest BCUT2D eigenvalue weighted by atomic mass is 14.7. The van der Waals surface area contributed by atoms with Crippen molar-refractivity contribution < 1.29 is 0 Å². The number of nitrogens with zero attached hydrogens (tertiary/aromatic N) is 1. The number of aromatic nitrogens is 1. The van der Waals surface area contributed by atoms with Gasteiger partial charge in [-0.3, -0.25) is 4.98 Å². The van der Waals surface area contributed by atoms with Gasteiger partial charge in [-0.2, -0.15) is 0 Å². The molecule has 0 saturated heterocycles. The summed E-state index contributed by atoms with van der Waals surface area (Å²) in [5.74, 6) is 0. The Hall–Kier alpha value is -2.41. The molecule has 0 aliphatic carbocycles. The van der Waals surface area contributed by atoms with Crippen molar-refractivity contribution in [1.82, 2.24) is 4.98 Å². The molecule has 2 aromatic carbocycles. The second kappa shape index (κ2) is 5.30. The molecule has 1 nitrogen and oxygen atoms in total. The molecule has 0 fully saturated rings. The van der Waals surface area contributed by atoms with E-state index in [0.717, 1.165) is 5.69 Å². The van der Waals surface area contributed by atoms with Crippen molar-refractivity contribution in [1.29, 1.82) is 0 Å². The predicted octanol–water partition coefficient (Wildman–Crippen LogP) is 5.03. The minimum Gasteiger partial charge on any atom is -0.256 e. The van der Waals surface area contributed by atoms with Gasteiger partial charge in [-0.15, -0.1) is 0 Å². The molecule has 98 valence electrons. The summed E-state index contributed by atoms with van der Waals surface area (Å²) in [7, 11) is 0. The molecule has 1 aromatic heterocycles. The lowest BCUT2D eigenvalue weighted by molar-refractivity contribution is 1.30. The summed E-state index contributed by atoms with van der Waals surface area (Å²) in [4.78, 5) is 4.53. The summed E-state index contributed by atoms with van der Waals surface area (Å²) in [5.41, 5.74) is 7.32. The third-order valence-corrected chi connectivity index (χ3v) is 3.63. The van der Waals surface area contributed by atoms with Crippen molar-refractivity contribution in [2.45, 2.75) is 13.8 Å². The number of aryl methyl sites for hydroxylation is 2. The van der Waals surface area contributed by atoms with Gasteiger partial charge in [0.2, 0.25) is 0 Å². The molecule has 0 aliphatic rings. The summed E-state index contributed by atoms with van der Waals surface area (Å²) < 4.78 is 0. The van der Waals surface area contributed by atoms with E-state index in [1.54, 1.807) is 0 Å². The van der Waals surface area contributed by atoms with Crippen LogP contribution in [0.15, 0.2) is 66.9 Å². The Labute approximate surface area is 119 Å². The van der Waals surface area contributed by atoms with Crippen molar-refractivity contribution >= 4 is 0 Å². The van der Waals surface area contributed by atoms with E-state index in [0.29, 0.717) is 0 Å². The molecule has 0 bridgehead atoms. The van der Waals surface area contributed by atoms with Gasteiger partial charge in [-0.1, -0.05) is 48.5 Å². The van der Waals surface area contributed by atoms with Gasteiger partial charge in [-0.05, 0) is 48.2 Å². The third kappa shape index (κ3) is 2.23. The molecule has 3 rings (SSSR count). The SMILES string of the molecule is Cc1ccccc1-c1cccc(C)c1-c1ccccn1. The van der Waals surface area contributed by atoms with Crippen LogP contribution in [0.2, 0.25) is 0 Å². The first-order valence-corrected chi connectivity index (χ1v) is 6.84. The molecule has 0 atom stereocenters. The van der Waals surface area contributed by atoms with Gasteiger partial charge < -0.3 is 0 Å². The predicted molar refractivity (Wildman–Crippen MR) is 84.6 cm³/mol. The van der Waals surface area contributed by atoms with E-state index in [1.165, 1.54) is 27.8 Å². The third-order valence-electron chi connectivity index (χ3n) is 3.63. The highest BCUT2D eigenvalue weighted by Crippen LogP contribution is 2.34. The van der Waals surface area contributed by atoms with Crippen LogP contribution in [-0.2, 0) is 0 Å². The Bertz CT molecular complexity index is 730. The van der Waals surface area contributed by atoms with Crippen LogP contribution in [0.4, 0.5) is 0 Å². The van der Waals surface area contributed by atoms with Gasteiger partial charge in [0.15, 0.2) is 0 Å². The Balaban J connectivity index is 2.28. The minimum absolute atomic E-state index is 1.03. The Kier molecular flexibility index (Phi) is 3.34. The molecule has 0 aliphatic heterocycles. The van der Waals surface area contributed by atoms with E-state index in [1.807, 2.05) is 18.3 Å². The van der Waals surface area contributed by atoms with Crippen LogP contribution in [0.5, 0.6) is 0 Å². The quantitative estimate of drug-likeness (QED) is 0.628. The fourth-order valence-corrected chi connectivity index (χ4v) is 2.62. The zero-order valence-corrected chi connectivity index (χ0v) is 11.8. The summed E-state index contributed by atoms with van der Waals surface area (Å²) in [6.07, 6.45) is 1.85. The van der Waals surface area contributed by atoms with Crippen molar-refractivity contribution in [2.24, 2.45) is 0 Å². The lowest BCUT2D eigenvalue weighted by Gasteiger charge is -2.14. The van der Waals surface area contributed by atoms with Crippen LogP contribution in [-0.4, -0.2) is 4.98 Å². The standard InChI is InChI=1S/C19H17N/c1-14-8-3-4-10-16(14)17-11-7-9-15(2)19(17)18-12-5-6-13-20-18/h3-13H,1-2H3. The van der Waals surface area contributed by atoms with Gasteiger partial charge >= 0.3 is 0 Å². The van der Waals surface area contributed by atoms with Crippen LogP contribution >= 0.6 is 0 Å². The van der Waals surface area contributed by atoms with Crippen LogP contribution in [0.3, 0.4) is 0 Å². The maximum absolute atomic E-state index is 4.53. The Morgan fingerprint density at radius 1 is 0.650 bits per heavy atom. The normalized spacial score (nSPS) is 10.5. The zero-order chi connectivity index (χ0) is 13.9. The molecule has 20 heavy (non-hydrogen) atoms. The maximum atomic E-state index is 4.53. The van der Waals surface area contributed by atoms with E-state index in [-0.39, 0.29) is 0 Å². The first-order valence-electron chi connectivity index (χ1n) is 6.84. The van der Waals surface area contributed by atoms with E-state index in [9.17, 15) is 0 Å². The number of rotatable bonds is 2. The van der Waals surface area contributed by atoms with Gasteiger partial charge in [0, 0.05) is 11.8 Å². The highest BCUT2D eigenvalue weighted by Gasteiger charge is 2.11. The van der Waals surface area contributed by atoms with Gasteiger partial charge in [0.1, 0.15) is 0 Å². The molecule has 1 heteroatoms. The maximum Gasteiger partial charge on any atom is 0.0710 e. The number of hydrogen-bond donors (Lipinski definition) is 0. The first-order chi connectivity index (χ1) is 9.77. The minimum atomic E-state index is 1.03. The van der Waals surface area contributed by atoms with Crippen LogP contribution in [0.1, 0.15) is 11.1 Å². The molecule has 0 unspecified atom stereocenters.